The second-order valence-electron chi connectivity index (χ2n) is 6.29. The number of benzene rings is 1. The van der Waals surface area contributed by atoms with E-state index in [1.807, 2.05) is 20.1 Å². The SMILES string of the molecule is CCOc1ccc(CC(NC(=O)C(CCSC)NC(C)=O)C(=O)O)cc1OCC. The molecule has 0 radical (unpaired) electrons. The van der Waals surface area contributed by atoms with E-state index in [2.05, 4.69) is 10.6 Å². The van der Waals surface area contributed by atoms with Gasteiger partial charge >= 0.3 is 5.97 Å². The topological polar surface area (TPSA) is 114 Å². The maximum atomic E-state index is 12.6. The summed E-state index contributed by atoms with van der Waals surface area (Å²) in [7, 11) is 0. The molecule has 2 atom stereocenters. The summed E-state index contributed by atoms with van der Waals surface area (Å²) in [6, 6.07) is 3.27. The molecule has 0 aliphatic heterocycles. The van der Waals surface area contributed by atoms with Gasteiger partial charge in [-0.3, -0.25) is 9.59 Å². The maximum absolute atomic E-state index is 12.6. The third-order valence-corrected chi connectivity index (χ3v) is 4.61. The van der Waals surface area contributed by atoms with Crippen molar-refractivity contribution in [2.45, 2.75) is 45.7 Å². The molecule has 0 aliphatic rings. The van der Waals surface area contributed by atoms with Crippen LogP contribution in [0.1, 0.15) is 32.8 Å². The Balaban J connectivity index is 2.94. The first kappa shape index (κ1) is 24.6. The van der Waals surface area contributed by atoms with E-state index in [1.54, 1.807) is 30.0 Å². The van der Waals surface area contributed by atoms with E-state index in [9.17, 15) is 19.5 Å². The number of aliphatic carboxylic acids is 1. The van der Waals surface area contributed by atoms with Gasteiger partial charge in [-0.15, -0.1) is 0 Å². The number of thioether (sulfide) groups is 1. The van der Waals surface area contributed by atoms with Crippen molar-refractivity contribution >= 4 is 29.5 Å². The van der Waals surface area contributed by atoms with Gasteiger partial charge in [0.1, 0.15) is 12.1 Å². The first-order valence-corrected chi connectivity index (χ1v) is 10.9. The fraction of sp³-hybridized carbons (Fsp3) is 0.550. The number of amides is 2. The van der Waals surface area contributed by atoms with Gasteiger partial charge in [-0.05, 0) is 50.0 Å². The lowest BCUT2D eigenvalue weighted by Gasteiger charge is -2.21. The molecule has 2 amide bonds. The number of ether oxygens (including phenoxy) is 2. The second-order valence-corrected chi connectivity index (χ2v) is 7.27. The number of hydrogen-bond donors (Lipinski definition) is 3. The fourth-order valence-corrected chi connectivity index (χ4v) is 3.15. The summed E-state index contributed by atoms with van der Waals surface area (Å²) in [6.45, 7) is 5.95. The molecule has 2 unspecified atom stereocenters. The highest BCUT2D eigenvalue weighted by atomic mass is 32.2. The van der Waals surface area contributed by atoms with Gasteiger partial charge in [0.25, 0.3) is 0 Å². The van der Waals surface area contributed by atoms with Crippen LogP contribution in [0.15, 0.2) is 18.2 Å². The molecule has 0 heterocycles. The molecule has 0 fully saturated rings. The van der Waals surface area contributed by atoms with E-state index in [0.29, 0.717) is 42.4 Å². The Morgan fingerprint density at radius 2 is 1.72 bits per heavy atom. The van der Waals surface area contributed by atoms with Crippen LogP contribution in [0.4, 0.5) is 0 Å². The molecule has 162 valence electrons. The van der Waals surface area contributed by atoms with Crippen molar-refractivity contribution in [3.63, 3.8) is 0 Å². The van der Waals surface area contributed by atoms with Gasteiger partial charge in [0, 0.05) is 13.3 Å². The minimum Gasteiger partial charge on any atom is -0.490 e. The Morgan fingerprint density at radius 1 is 1.07 bits per heavy atom. The van der Waals surface area contributed by atoms with Crippen LogP contribution in [0.5, 0.6) is 11.5 Å². The van der Waals surface area contributed by atoms with Gasteiger partial charge in [-0.25, -0.2) is 4.79 Å². The van der Waals surface area contributed by atoms with E-state index in [0.717, 1.165) is 0 Å². The van der Waals surface area contributed by atoms with E-state index >= 15 is 0 Å². The van der Waals surface area contributed by atoms with Gasteiger partial charge in [0.15, 0.2) is 11.5 Å². The Morgan fingerprint density at radius 3 is 2.28 bits per heavy atom. The van der Waals surface area contributed by atoms with Crippen LogP contribution in [0, 0.1) is 0 Å². The lowest BCUT2D eigenvalue weighted by Crippen LogP contribution is -2.52. The van der Waals surface area contributed by atoms with Gasteiger partial charge in [-0.2, -0.15) is 11.8 Å². The third kappa shape index (κ3) is 8.64. The number of carbonyl (C=O) groups excluding carboxylic acids is 2. The van der Waals surface area contributed by atoms with Crippen LogP contribution < -0.4 is 20.1 Å². The van der Waals surface area contributed by atoms with Crippen LogP contribution in [-0.4, -0.2) is 60.2 Å². The van der Waals surface area contributed by atoms with Crippen molar-refractivity contribution < 1.29 is 29.0 Å². The van der Waals surface area contributed by atoms with Crippen molar-refractivity contribution in [2.24, 2.45) is 0 Å². The average Bonchev–Trinajstić information content (AvgIpc) is 2.66. The minimum atomic E-state index is -1.16. The number of hydrogen-bond acceptors (Lipinski definition) is 6. The normalized spacial score (nSPS) is 12.6. The van der Waals surface area contributed by atoms with Gasteiger partial charge in [0.2, 0.25) is 11.8 Å². The summed E-state index contributed by atoms with van der Waals surface area (Å²) in [4.78, 5) is 35.6. The molecule has 9 heteroatoms. The maximum Gasteiger partial charge on any atom is 0.326 e. The minimum absolute atomic E-state index is 0.0723. The van der Waals surface area contributed by atoms with Crippen molar-refractivity contribution in [1.29, 1.82) is 0 Å². The zero-order valence-corrected chi connectivity index (χ0v) is 18.1. The van der Waals surface area contributed by atoms with Crippen molar-refractivity contribution in [3.8, 4) is 11.5 Å². The molecule has 0 saturated heterocycles. The highest BCUT2D eigenvalue weighted by Crippen LogP contribution is 2.29. The molecule has 1 aromatic rings. The molecule has 1 aromatic carbocycles. The largest absolute Gasteiger partial charge is 0.490 e. The average molecular weight is 427 g/mol. The predicted molar refractivity (Wildman–Crippen MR) is 113 cm³/mol. The van der Waals surface area contributed by atoms with E-state index in [1.165, 1.54) is 6.92 Å². The molecule has 3 N–H and O–H groups in total. The number of rotatable bonds is 13. The Kier molecular flexibility index (Phi) is 11.0. The summed E-state index contributed by atoms with van der Waals surface area (Å²) in [5, 5.41) is 14.7. The van der Waals surface area contributed by atoms with Gasteiger partial charge in [-0.1, -0.05) is 6.07 Å². The molecular weight excluding hydrogens is 396 g/mol. The lowest BCUT2D eigenvalue weighted by atomic mass is 10.0. The Hall–Kier alpha value is -2.42. The highest BCUT2D eigenvalue weighted by Gasteiger charge is 2.26. The van der Waals surface area contributed by atoms with Crippen molar-refractivity contribution in [3.05, 3.63) is 23.8 Å². The summed E-state index contributed by atoms with van der Waals surface area (Å²) >= 11 is 1.54. The molecule has 29 heavy (non-hydrogen) atoms. The molecule has 0 bridgehead atoms. The number of carboxylic acid groups (broad SMARTS) is 1. The van der Waals surface area contributed by atoms with Crippen molar-refractivity contribution in [1.82, 2.24) is 10.6 Å². The molecule has 8 nitrogen and oxygen atoms in total. The smallest absolute Gasteiger partial charge is 0.326 e. The second kappa shape index (κ2) is 12.9. The lowest BCUT2D eigenvalue weighted by molar-refractivity contribution is -0.142. The molecular formula is C20H30N2O6S. The van der Waals surface area contributed by atoms with E-state index in [4.69, 9.17) is 9.47 Å². The van der Waals surface area contributed by atoms with Crippen molar-refractivity contribution in [2.75, 3.05) is 25.2 Å². The Bertz CT molecular complexity index is 698. The monoisotopic (exact) mass is 426 g/mol. The van der Waals surface area contributed by atoms with Gasteiger partial charge < -0.3 is 25.2 Å². The summed E-state index contributed by atoms with van der Waals surface area (Å²) in [5.74, 6) is -0.248. The molecule has 0 saturated carbocycles. The number of carboxylic acids is 1. The molecule has 0 spiro atoms. The number of nitrogens with one attached hydrogen (secondary N) is 2. The first-order valence-electron chi connectivity index (χ1n) is 9.50. The third-order valence-electron chi connectivity index (χ3n) is 3.97. The Labute approximate surface area is 175 Å². The predicted octanol–water partition coefficient (Wildman–Crippen LogP) is 1.85. The zero-order chi connectivity index (χ0) is 21.8. The highest BCUT2D eigenvalue weighted by molar-refractivity contribution is 7.98. The zero-order valence-electron chi connectivity index (χ0n) is 17.3. The number of carbonyl (C=O) groups is 3. The van der Waals surface area contributed by atoms with Crippen LogP contribution >= 0.6 is 11.8 Å². The fourth-order valence-electron chi connectivity index (χ4n) is 2.68. The summed E-state index contributed by atoms with van der Waals surface area (Å²) in [6.07, 6.45) is 2.38. The van der Waals surface area contributed by atoms with Crippen LogP contribution in [0.3, 0.4) is 0 Å². The van der Waals surface area contributed by atoms with Gasteiger partial charge in [0.05, 0.1) is 13.2 Å². The quantitative estimate of drug-likeness (QED) is 0.441. The van der Waals surface area contributed by atoms with E-state index < -0.39 is 24.0 Å². The summed E-state index contributed by atoms with van der Waals surface area (Å²) in [5.41, 5.74) is 0.685. The molecule has 0 aliphatic carbocycles. The van der Waals surface area contributed by atoms with E-state index in [-0.39, 0.29) is 12.3 Å². The first-order chi connectivity index (χ1) is 13.8. The molecule has 0 aromatic heterocycles. The summed E-state index contributed by atoms with van der Waals surface area (Å²) < 4.78 is 11.1. The van der Waals surface area contributed by atoms with Crippen LogP contribution in [0.25, 0.3) is 0 Å². The molecule has 1 rings (SSSR count). The standard InChI is InChI=1S/C20H30N2O6S/c1-5-27-17-8-7-14(12-18(17)28-6-2)11-16(20(25)26)22-19(24)15(9-10-29-4)21-13(3)23/h7-8,12,15-16H,5-6,9-11H2,1-4H3,(H,21,23)(H,22,24)(H,25,26). The van der Waals surface area contributed by atoms with Crippen LogP contribution in [0.2, 0.25) is 0 Å². The van der Waals surface area contributed by atoms with Crippen LogP contribution in [-0.2, 0) is 20.8 Å².